The fraction of sp³-hybridized carbons (Fsp3) is 0.800. The number of nitrogens with one attached hydrogen (secondary N) is 1. The molecule has 0 spiro atoms. The first-order chi connectivity index (χ1) is 6.63. The van der Waals surface area contributed by atoms with E-state index < -0.39 is 0 Å². The van der Waals surface area contributed by atoms with Crippen molar-refractivity contribution in [1.82, 2.24) is 5.32 Å². The Labute approximate surface area is 85.8 Å². The van der Waals surface area contributed by atoms with Crippen molar-refractivity contribution in [2.45, 2.75) is 32.7 Å². The van der Waals surface area contributed by atoms with Gasteiger partial charge in [-0.1, -0.05) is 13.8 Å². The van der Waals surface area contributed by atoms with Crippen molar-refractivity contribution in [1.29, 1.82) is 0 Å². The minimum atomic E-state index is -0.0659. The lowest BCUT2D eigenvalue weighted by molar-refractivity contribution is -0.114. The standard InChI is InChI=1S/C10H15BN2O/c1-5-3-7-8(4-6(5)2)12-10(14)9(7)13-11/h5-8H,3-4H2,1-2H3,(H,12,14). The first kappa shape index (κ1) is 9.75. The summed E-state index contributed by atoms with van der Waals surface area (Å²) >= 11 is 0. The van der Waals surface area contributed by atoms with E-state index in [9.17, 15) is 4.79 Å². The van der Waals surface area contributed by atoms with Crippen LogP contribution in [-0.4, -0.2) is 25.6 Å². The third-order valence-electron chi connectivity index (χ3n) is 3.75. The fourth-order valence-corrected chi connectivity index (χ4v) is 2.62. The molecule has 74 valence electrons. The molecule has 1 saturated carbocycles. The highest BCUT2D eigenvalue weighted by atomic mass is 16.2. The molecule has 1 amide bonds. The van der Waals surface area contributed by atoms with Gasteiger partial charge in [0.2, 0.25) is 0 Å². The Morgan fingerprint density at radius 1 is 1.36 bits per heavy atom. The molecule has 4 heteroatoms. The Balaban J connectivity index is 2.21. The van der Waals surface area contributed by atoms with E-state index in [-0.39, 0.29) is 17.9 Å². The molecule has 0 aromatic carbocycles. The Hall–Kier alpha value is -0.795. The molecular formula is C10H15BN2O. The smallest absolute Gasteiger partial charge is 0.264 e. The van der Waals surface area contributed by atoms with Gasteiger partial charge in [0.25, 0.3) is 13.9 Å². The first-order valence-corrected chi connectivity index (χ1v) is 5.22. The van der Waals surface area contributed by atoms with Crippen LogP contribution in [0.5, 0.6) is 0 Å². The third-order valence-corrected chi connectivity index (χ3v) is 3.75. The van der Waals surface area contributed by atoms with Crippen LogP contribution in [0.3, 0.4) is 0 Å². The second-order valence-electron chi connectivity index (χ2n) is 4.63. The summed E-state index contributed by atoms with van der Waals surface area (Å²) < 4.78 is 0. The van der Waals surface area contributed by atoms with Crippen molar-refractivity contribution in [3.8, 4) is 0 Å². The minimum absolute atomic E-state index is 0.0659. The summed E-state index contributed by atoms with van der Waals surface area (Å²) in [5.41, 5.74) is 0.550. The van der Waals surface area contributed by atoms with Gasteiger partial charge in [-0.15, -0.1) is 0 Å². The highest BCUT2D eigenvalue weighted by molar-refractivity contribution is 6.44. The summed E-state index contributed by atoms with van der Waals surface area (Å²) in [6.07, 6.45) is 2.08. The maximum absolute atomic E-state index is 11.5. The molecular weight excluding hydrogens is 175 g/mol. The molecule has 1 N–H and O–H groups in total. The Bertz CT molecular complexity index is 290. The van der Waals surface area contributed by atoms with E-state index in [4.69, 9.17) is 7.98 Å². The van der Waals surface area contributed by atoms with Crippen LogP contribution in [0.1, 0.15) is 26.7 Å². The topological polar surface area (TPSA) is 41.5 Å². The van der Waals surface area contributed by atoms with E-state index in [0.29, 0.717) is 17.5 Å². The lowest BCUT2D eigenvalue weighted by Gasteiger charge is -2.34. The number of rotatable bonds is 0. The maximum Gasteiger partial charge on any atom is 0.264 e. The van der Waals surface area contributed by atoms with E-state index in [2.05, 4.69) is 24.1 Å². The van der Waals surface area contributed by atoms with Gasteiger partial charge >= 0.3 is 0 Å². The van der Waals surface area contributed by atoms with E-state index in [1.165, 1.54) is 0 Å². The monoisotopic (exact) mass is 190 g/mol. The zero-order chi connectivity index (χ0) is 10.3. The highest BCUT2D eigenvalue weighted by Gasteiger charge is 2.43. The number of nitrogens with zero attached hydrogens (tertiary/aromatic N) is 1. The van der Waals surface area contributed by atoms with Crippen LogP contribution in [0.2, 0.25) is 0 Å². The summed E-state index contributed by atoms with van der Waals surface area (Å²) in [7, 11) is 5.24. The highest BCUT2D eigenvalue weighted by Crippen LogP contribution is 2.36. The molecule has 2 fully saturated rings. The van der Waals surface area contributed by atoms with Crippen molar-refractivity contribution in [2.24, 2.45) is 22.7 Å². The molecule has 14 heavy (non-hydrogen) atoms. The van der Waals surface area contributed by atoms with Gasteiger partial charge in [-0.3, -0.25) is 4.79 Å². The number of hydrogen-bond acceptors (Lipinski definition) is 2. The zero-order valence-corrected chi connectivity index (χ0v) is 8.66. The molecule has 1 aliphatic carbocycles. The number of amides is 1. The van der Waals surface area contributed by atoms with Gasteiger partial charge in [-0.25, -0.2) is 0 Å². The van der Waals surface area contributed by atoms with Crippen LogP contribution >= 0.6 is 0 Å². The summed E-state index contributed by atoms with van der Waals surface area (Å²) in [5, 5.41) is 2.96. The maximum atomic E-state index is 11.5. The summed E-state index contributed by atoms with van der Waals surface area (Å²) in [4.78, 5) is 15.1. The number of hydrogen-bond donors (Lipinski definition) is 1. The van der Waals surface area contributed by atoms with Gasteiger partial charge < -0.3 is 10.2 Å². The van der Waals surface area contributed by atoms with E-state index in [1.54, 1.807) is 0 Å². The molecule has 4 unspecified atom stereocenters. The van der Waals surface area contributed by atoms with E-state index in [0.717, 1.165) is 12.8 Å². The molecule has 2 aliphatic rings. The predicted octanol–water partition coefficient (Wildman–Crippen LogP) is 0.691. The van der Waals surface area contributed by atoms with Gasteiger partial charge in [0.15, 0.2) is 0 Å². The van der Waals surface area contributed by atoms with Crippen LogP contribution in [0.4, 0.5) is 0 Å². The van der Waals surface area contributed by atoms with Crippen LogP contribution in [0, 0.1) is 17.8 Å². The van der Waals surface area contributed by atoms with Gasteiger partial charge in [-0.05, 0) is 24.7 Å². The quantitative estimate of drug-likeness (QED) is 0.561. The average molecular weight is 190 g/mol. The van der Waals surface area contributed by atoms with Crippen molar-refractivity contribution in [2.75, 3.05) is 0 Å². The predicted molar refractivity (Wildman–Crippen MR) is 56.2 cm³/mol. The second kappa shape index (κ2) is 3.41. The Morgan fingerprint density at radius 3 is 2.64 bits per heavy atom. The Morgan fingerprint density at radius 2 is 2.00 bits per heavy atom. The fourth-order valence-electron chi connectivity index (χ4n) is 2.62. The van der Waals surface area contributed by atoms with E-state index in [1.807, 2.05) is 0 Å². The molecule has 2 radical (unpaired) electrons. The molecule has 4 atom stereocenters. The molecule has 1 aliphatic heterocycles. The van der Waals surface area contributed by atoms with Crippen molar-refractivity contribution in [3.05, 3.63) is 0 Å². The molecule has 0 bridgehead atoms. The second-order valence-corrected chi connectivity index (χ2v) is 4.63. The molecule has 3 nitrogen and oxygen atoms in total. The first-order valence-electron chi connectivity index (χ1n) is 5.22. The molecule has 2 rings (SSSR count). The largest absolute Gasteiger partial charge is 0.356 e. The van der Waals surface area contributed by atoms with Crippen LogP contribution in [-0.2, 0) is 4.79 Å². The van der Waals surface area contributed by atoms with Crippen molar-refractivity contribution >= 4 is 19.6 Å². The zero-order valence-electron chi connectivity index (χ0n) is 8.66. The van der Waals surface area contributed by atoms with E-state index >= 15 is 0 Å². The third kappa shape index (κ3) is 1.37. The normalized spacial score (nSPS) is 45.0. The van der Waals surface area contributed by atoms with Crippen LogP contribution < -0.4 is 5.32 Å². The van der Waals surface area contributed by atoms with Crippen molar-refractivity contribution in [3.63, 3.8) is 0 Å². The molecule has 1 heterocycles. The summed E-state index contributed by atoms with van der Waals surface area (Å²) in [6, 6.07) is 0.274. The van der Waals surface area contributed by atoms with Crippen molar-refractivity contribution < 1.29 is 4.79 Å². The summed E-state index contributed by atoms with van der Waals surface area (Å²) in [6.45, 7) is 4.47. The van der Waals surface area contributed by atoms with Gasteiger partial charge in [0.05, 0.1) is 5.71 Å². The molecule has 0 aromatic rings. The Kier molecular flexibility index (Phi) is 2.37. The number of carbonyl (C=O) groups excluding carboxylic acids is 1. The lowest BCUT2D eigenvalue weighted by atomic mass is 9.73. The minimum Gasteiger partial charge on any atom is -0.356 e. The number of fused-ring (bicyclic) bond motifs is 1. The molecule has 0 aromatic heterocycles. The summed E-state index contributed by atoms with van der Waals surface area (Å²) in [5.74, 6) is 1.51. The SMILES string of the molecule is [B]N=C1C(=O)NC2CC(C)C(C)CC12. The van der Waals surface area contributed by atoms with Gasteiger partial charge in [-0.2, -0.15) is 0 Å². The van der Waals surface area contributed by atoms with Gasteiger partial charge in [0.1, 0.15) is 0 Å². The van der Waals surface area contributed by atoms with Crippen LogP contribution in [0.15, 0.2) is 4.90 Å². The molecule has 1 saturated heterocycles. The number of carbonyl (C=O) groups is 1. The average Bonchev–Trinajstić information content (AvgIpc) is 2.42. The lowest BCUT2D eigenvalue weighted by Crippen LogP contribution is -2.37. The van der Waals surface area contributed by atoms with Gasteiger partial charge in [0, 0.05) is 12.0 Å². The van der Waals surface area contributed by atoms with Crippen LogP contribution in [0.25, 0.3) is 0 Å².